The van der Waals surface area contributed by atoms with E-state index in [2.05, 4.69) is 6.92 Å². The number of unbranched alkanes of at least 4 members (excludes halogenated alkanes) is 1. The van der Waals surface area contributed by atoms with E-state index in [0.29, 0.717) is 0 Å². The van der Waals surface area contributed by atoms with Gasteiger partial charge in [0.25, 0.3) is 0 Å². The highest BCUT2D eigenvalue weighted by molar-refractivity contribution is 5.67. The molecule has 0 radical (unpaired) electrons. The SMILES string of the molecule is CCCCC(C)(C=O)c1ccccc1. The monoisotopic (exact) mass is 190 g/mol. The quantitative estimate of drug-likeness (QED) is 0.651. The van der Waals surface area contributed by atoms with Crippen molar-refractivity contribution < 1.29 is 4.79 Å². The Kier molecular flexibility index (Phi) is 3.87. The van der Waals surface area contributed by atoms with Gasteiger partial charge in [-0.3, -0.25) is 0 Å². The summed E-state index contributed by atoms with van der Waals surface area (Å²) in [7, 11) is 0. The first kappa shape index (κ1) is 11.0. The molecule has 1 nitrogen and oxygen atoms in total. The van der Waals surface area contributed by atoms with Crippen molar-refractivity contribution in [1.29, 1.82) is 0 Å². The molecular formula is C13H18O. The van der Waals surface area contributed by atoms with Crippen molar-refractivity contribution in [2.75, 3.05) is 0 Å². The van der Waals surface area contributed by atoms with Gasteiger partial charge in [-0.2, -0.15) is 0 Å². The minimum absolute atomic E-state index is 0.294. The molecule has 1 rings (SSSR count). The summed E-state index contributed by atoms with van der Waals surface area (Å²) in [5, 5.41) is 0. The van der Waals surface area contributed by atoms with Gasteiger partial charge >= 0.3 is 0 Å². The van der Waals surface area contributed by atoms with Gasteiger partial charge in [0.05, 0.1) is 0 Å². The molecule has 0 fully saturated rings. The van der Waals surface area contributed by atoms with Crippen LogP contribution in [0.5, 0.6) is 0 Å². The lowest BCUT2D eigenvalue weighted by Crippen LogP contribution is -2.23. The summed E-state index contributed by atoms with van der Waals surface area (Å²) in [6, 6.07) is 10.0. The van der Waals surface area contributed by atoms with Crippen LogP contribution in [0, 0.1) is 0 Å². The van der Waals surface area contributed by atoms with E-state index in [1.165, 1.54) is 0 Å². The van der Waals surface area contributed by atoms with Crippen molar-refractivity contribution in [1.82, 2.24) is 0 Å². The van der Waals surface area contributed by atoms with E-state index >= 15 is 0 Å². The molecule has 0 aliphatic carbocycles. The normalized spacial score (nSPS) is 14.7. The standard InChI is InChI=1S/C13H18O/c1-3-4-10-13(2,11-14)12-8-6-5-7-9-12/h5-9,11H,3-4,10H2,1-2H3. The fourth-order valence-corrected chi connectivity index (χ4v) is 1.63. The van der Waals surface area contributed by atoms with Crippen LogP contribution < -0.4 is 0 Å². The third-order valence-corrected chi connectivity index (χ3v) is 2.74. The fraction of sp³-hybridized carbons (Fsp3) is 0.462. The number of carbonyl (C=O) groups excluding carboxylic acids is 1. The zero-order valence-corrected chi connectivity index (χ0v) is 8.99. The lowest BCUT2D eigenvalue weighted by atomic mass is 9.80. The van der Waals surface area contributed by atoms with Crippen molar-refractivity contribution in [3.05, 3.63) is 35.9 Å². The summed E-state index contributed by atoms with van der Waals surface area (Å²) in [5.41, 5.74) is 0.834. The molecule has 0 aliphatic rings. The van der Waals surface area contributed by atoms with Crippen LogP contribution >= 0.6 is 0 Å². The molecule has 0 spiro atoms. The van der Waals surface area contributed by atoms with E-state index in [9.17, 15) is 4.79 Å². The molecule has 0 aromatic heterocycles. The van der Waals surface area contributed by atoms with Crippen LogP contribution in [-0.2, 0) is 10.2 Å². The van der Waals surface area contributed by atoms with Crippen molar-refractivity contribution in [2.24, 2.45) is 0 Å². The fourth-order valence-electron chi connectivity index (χ4n) is 1.63. The Bertz CT molecular complexity index is 279. The molecule has 0 saturated heterocycles. The Balaban J connectivity index is 2.84. The van der Waals surface area contributed by atoms with Gasteiger partial charge in [0.1, 0.15) is 6.29 Å². The second kappa shape index (κ2) is 4.94. The predicted molar refractivity (Wildman–Crippen MR) is 59.4 cm³/mol. The molecule has 0 N–H and O–H groups in total. The van der Waals surface area contributed by atoms with Crippen LogP contribution in [0.2, 0.25) is 0 Å². The molecule has 0 heterocycles. The first-order valence-corrected chi connectivity index (χ1v) is 5.25. The van der Waals surface area contributed by atoms with Gasteiger partial charge in [-0.1, -0.05) is 50.1 Å². The maximum Gasteiger partial charge on any atom is 0.130 e. The van der Waals surface area contributed by atoms with Gasteiger partial charge in [-0.05, 0) is 18.9 Å². The molecule has 0 bridgehead atoms. The first-order chi connectivity index (χ1) is 6.73. The second-order valence-corrected chi connectivity index (χ2v) is 4.00. The molecule has 1 heteroatoms. The summed E-state index contributed by atoms with van der Waals surface area (Å²) < 4.78 is 0. The Hall–Kier alpha value is -1.11. The maximum atomic E-state index is 11.1. The minimum atomic E-state index is -0.294. The van der Waals surface area contributed by atoms with E-state index in [-0.39, 0.29) is 5.41 Å². The van der Waals surface area contributed by atoms with E-state index in [0.717, 1.165) is 31.1 Å². The molecule has 0 amide bonds. The van der Waals surface area contributed by atoms with Crippen LogP contribution in [0.4, 0.5) is 0 Å². The molecule has 0 aliphatic heterocycles. The average Bonchev–Trinajstić information content (AvgIpc) is 2.27. The van der Waals surface area contributed by atoms with Crippen LogP contribution in [0.25, 0.3) is 0 Å². The second-order valence-electron chi connectivity index (χ2n) is 4.00. The maximum absolute atomic E-state index is 11.1. The van der Waals surface area contributed by atoms with Gasteiger partial charge in [-0.15, -0.1) is 0 Å². The van der Waals surface area contributed by atoms with Crippen LogP contribution in [0.1, 0.15) is 38.7 Å². The Morgan fingerprint density at radius 1 is 1.29 bits per heavy atom. The summed E-state index contributed by atoms with van der Waals surface area (Å²) in [4.78, 5) is 11.1. The van der Waals surface area contributed by atoms with Gasteiger partial charge in [0.2, 0.25) is 0 Å². The molecule has 1 atom stereocenters. The van der Waals surface area contributed by atoms with Crippen molar-refractivity contribution in [2.45, 2.75) is 38.5 Å². The lowest BCUT2D eigenvalue weighted by molar-refractivity contribution is -0.112. The summed E-state index contributed by atoms with van der Waals surface area (Å²) in [6.45, 7) is 4.17. The van der Waals surface area contributed by atoms with Crippen LogP contribution in [-0.4, -0.2) is 6.29 Å². The van der Waals surface area contributed by atoms with Crippen molar-refractivity contribution >= 4 is 6.29 Å². The molecule has 76 valence electrons. The van der Waals surface area contributed by atoms with Gasteiger partial charge in [0.15, 0.2) is 0 Å². The van der Waals surface area contributed by atoms with Gasteiger partial charge < -0.3 is 4.79 Å². The third kappa shape index (κ3) is 2.44. The van der Waals surface area contributed by atoms with Crippen LogP contribution in [0.15, 0.2) is 30.3 Å². The number of rotatable bonds is 5. The lowest BCUT2D eigenvalue weighted by Gasteiger charge is -2.23. The number of hydrogen-bond donors (Lipinski definition) is 0. The molecular weight excluding hydrogens is 172 g/mol. The Labute approximate surface area is 86.1 Å². The molecule has 0 saturated carbocycles. The highest BCUT2D eigenvalue weighted by Gasteiger charge is 2.24. The first-order valence-electron chi connectivity index (χ1n) is 5.25. The zero-order valence-electron chi connectivity index (χ0n) is 8.99. The number of carbonyl (C=O) groups is 1. The Morgan fingerprint density at radius 3 is 2.43 bits per heavy atom. The third-order valence-electron chi connectivity index (χ3n) is 2.74. The predicted octanol–water partition coefficient (Wildman–Crippen LogP) is 3.33. The van der Waals surface area contributed by atoms with Crippen molar-refractivity contribution in [3.8, 4) is 0 Å². The van der Waals surface area contributed by atoms with Crippen LogP contribution in [0.3, 0.4) is 0 Å². The Morgan fingerprint density at radius 2 is 1.93 bits per heavy atom. The van der Waals surface area contributed by atoms with Gasteiger partial charge in [0, 0.05) is 5.41 Å². The molecule has 1 unspecified atom stereocenters. The largest absolute Gasteiger partial charge is 0.302 e. The molecule has 14 heavy (non-hydrogen) atoms. The molecule has 1 aromatic rings. The topological polar surface area (TPSA) is 17.1 Å². The number of benzene rings is 1. The zero-order chi connectivity index (χ0) is 10.4. The summed E-state index contributed by atoms with van der Waals surface area (Å²) in [6.07, 6.45) is 4.26. The van der Waals surface area contributed by atoms with E-state index < -0.39 is 0 Å². The van der Waals surface area contributed by atoms with E-state index in [1.54, 1.807) is 0 Å². The van der Waals surface area contributed by atoms with E-state index in [1.807, 2.05) is 37.3 Å². The van der Waals surface area contributed by atoms with E-state index in [4.69, 9.17) is 0 Å². The summed E-state index contributed by atoms with van der Waals surface area (Å²) >= 11 is 0. The smallest absolute Gasteiger partial charge is 0.130 e. The number of hydrogen-bond acceptors (Lipinski definition) is 1. The highest BCUT2D eigenvalue weighted by atomic mass is 16.1. The highest BCUT2D eigenvalue weighted by Crippen LogP contribution is 2.26. The van der Waals surface area contributed by atoms with Gasteiger partial charge in [-0.25, -0.2) is 0 Å². The average molecular weight is 190 g/mol. The molecule has 1 aromatic carbocycles. The number of aldehydes is 1. The van der Waals surface area contributed by atoms with Crippen molar-refractivity contribution in [3.63, 3.8) is 0 Å². The minimum Gasteiger partial charge on any atom is -0.302 e. The summed E-state index contributed by atoms with van der Waals surface area (Å²) in [5.74, 6) is 0.